The van der Waals surface area contributed by atoms with Gasteiger partial charge in [0.2, 0.25) is 0 Å². The zero-order chi connectivity index (χ0) is 14.4. The molecule has 0 bridgehead atoms. The van der Waals surface area contributed by atoms with Crippen LogP contribution < -0.4 is 11.5 Å². The largest absolute Gasteiger partial charge is 0.461 e. The number of ether oxygens (including phenoxy) is 1. The Kier molecular flexibility index (Phi) is 4.50. The van der Waals surface area contributed by atoms with Crippen molar-refractivity contribution in [1.29, 1.82) is 0 Å². The van der Waals surface area contributed by atoms with Crippen molar-refractivity contribution in [2.45, 2.75) is 18.7 Å². The van der Waals surface area contributed by atoms with Crippen LogP contribution in [0.4, 0.5) is 0 Å². The normalized spacial score (nSPS) is 11.1. The Morgan fingerprint density at radius 3 is 2.10 bits per heavy atom. The van der Waals surface area contributed by atoms with E-state index in [0.29, 0.717) is 5.56 Å². The lowest BCUT2D eigenvalue weighted by Crippen LogP contribution is -2.48. The van der Waals surface area contributed by atoms with Crippen LogP contribution in [-0.2, 0) is 21.8 Å². The van der Waals surface area contributed by atoms with E-state index < -0.39 is 11.6 Å². The van der Waals surface area contributed by atoms with E-state index in [-0.39, 0.29) is 13.0 Å². The van der Waals surface area contributed by atoms with Crippen molar-refractivity contribution in [2.24, 2.45) is 11.5 Å². The van der Waals surface area contributed by atoms with Crippen LogP contribution in [0.1, 0.15) is 17.5 Å². The van der Waals surface area contributed by atoms with Gasteiger partial charge in [0, 0.05) is 0 Å². The number of rotatable bonds is 5. The number of hydrogen-bond acceptors (Lipinski definition) is 4. The maximum Gasteiger partial charge on any atom is 0.309 e. The topological polar surface area (TPSA) is 78.3 Å². The van der Waals surface area contributed by atoms with E-state index in [1.165, 1.54) is 0 Å². The zero-order valence-corrected chi connectivity index (χ0v) is 11.2. The van der Waals surface area contributed by atoms with Gasteiger partial charge in [-0.1, -0.05) is 60.7 Å². The first-order chi connectivity index (χ1) is 9.58. The maximum absolute atomic E-state index is 11.8. The van der Waals surface area contributed by atoms with Crippen LogP contribution in [0.15, 0.2) is 60.7 Å². The average Bonchev–Trinajstić information content (AvgIpc) is 2.47. The van der Waals surface area contributed by atoms with E-state index in [1.54, 1.807) is 12.1 Å². The minimum absolute atomic E-state index is 0.0656. The second kappa shape index (κ2) is 6.32. The summed E-state index contributed by atoms with van der Waals surface area (Å²) in [5, 5.41) is 0. The smallest absolute Gasteiger partial charge is 0.309 e. The molecule has 0 saturated heterocycles. The summed E-state index contributed by atoms with van der Waals surface area (Å²) in [6, 6.07) is 18.6. The molecular weight excluding hydrogens is 252 g/mol. The van der Waals surface area contributed by atoms with Crippen molar-refractivity contribution < 1.29 is 9.53 Å². The third kappa shape index (κ3) is 3.91. The molecule has 0 aliphatic carbocycles. The number of esters is 1. The van der Waals surface area contributed by atoms with E-state index in [2.05, 4.69) is 0 Å². The van der Waals surface area contributed by atoms with Crippen molar-refractivity contribution in [3.63, 3.8) is 0 Å². The highest BCUT2D eigenvalue weighted by atomic mass is 16.5. The van der Waals surface area contributed by atoms with Gasteiger partial charge in [-0.2, -0.15) is 0 Å². The maximum atomic E-state index is 11.8. The number of carbonyl (C=O) groups is 1. The molecular formula is C16H18N2O2. The Morgan fingerprint density at radius 1 is 0.950 bits per heavy atom. The van der Waals surface area contributed by atoms with E-state index in [0.717, 1.165) is 5.56 Å². The molecule has 0 fully saturated rings. The van der Waals surface area contributed by atoms with Crippen LogP contribution >= 0.6 is 0 Å². The molecule has 0 unspecified atom stereocenters. The average molecular weight is 270 g/mol. The molecule has 0 radical (unpaired) electrons. The van der Waals surface area contributed by atoms with Gasteiger partial charge >= 0.3 is 5.97 Å². The molecule has 0 spiro atoms. The lowest BCUT2D eigenvalue weighted by atomic mass is 9.98. The number of hydrogen-bond donors (Lipinski definition) is 2. The molecule has 104 valence electrons. The van der Waals surface area contributed by atoms with E-state index in [4.69, 9.17) is 16.2 Å². The zero-order valence-electron chi connectivity index (χ0n) is 11.2. The summed E-state index contributed by atoms with van der Waals surface area (Å²) >= 11 is 0. The molecule has 4 heteroatoms. The van der Waals surface area contributed by atoms with Gasteiger partial charge in [0.1, 0.15) is 12.3 Å². The summed E-state index contributed by atoms with van der Waals surface area (Å²) < 4.78 is 5.19. The molecule has 0 heterocycles. The summed E-state index contributed by atoms with van der Waals surface area (Å²) in [4.78, 5) is 11.8. The second-order valence-corrected chi connectivity index (χ2v) is 4.73. The highest BCUT2D eigenvalue weighted by Crippen LogP contribution is 2.17. The van der Waals surface area contributed by atoms with Gasteiger partial charge in [0.05, 0.1) is 6.42 Å². The lowest BCUT2D eigenvalue weighted by molar-refractivity contribution is -0.146. The van der Waals surface area contributed by atoms with Crippen LogP contribution in [0.3, 0.4) is 0 Å². The molecule has 2 aromatic carbocycles. The van der Waals surface area contributed by atoms with E-state index in [1.807, 2.05) is 48.5 Å². The van der Waals surface area contributed by atoms with Crippen LogP contribution in [0.5, 0.6) is 0 Å². The first-order valence-electron chi connectivity index (χ1n) is 6.41. The van der Waals surface area contributed by atoms with Crippen LogP contribution in [0.2, 0.25) is 0 Å². The van der Waals surface area contributed by atoms with Gasteiger partial charge in [-0.3, -0.25) is 4.79 Å². The molecule has 0 atom stereocenters. The lowest BCUT2D eigenvalue weighted by Gasteiger charge is -2.23. The third-order valence-corrected chi connectivity index (χ3v) is 2.99. The van der Waals surface area contributed by atoms with Gasteiger partial charge in [-0.25, -0.2) is 0 Å². The molecule has 2 rings (SSSR count). The van der Waals surface area contributed by atoms with Gasteiger partial charge in [-0.05, 0) is 11.1 Å². The molecule has 2 aromatic rings. The summed E-state index contributed by atoms with van der Waals surface area (Å²) in [6.45, 7) is 0.227. The van der Waals surface area contributed by atoms with E-state index >= 15 is 0 Å². The molecule has 4 nitrogen and oxygen atoms in total. The minimum atomic E-state index is -1.21. The number of nitrogens with two attached hydrogens (primary N) is 2. The summed E-state index contributed by atoms with van der Waals surface area (Å²) in [5.74, 6) is -0.414. The first kappa shape index (κ1) is 14.2. The van der Waals surface area contributed by atoms with Crippen molar-refractivity contribution in [3.8, 4) is 0 Å². The molecule has 0 aliphatic rings. The van der Waals surface area contributed by atoms with Gasteiger partial charge in [-0.15, -0.1) is 0 Å². The Bertz CT molecular complexity index is 553. The van der Waals surface area contributed by atoms with Crippen molar-refractivity contribution in [3.05, 3.63) is 71.8 Å². The van der Waals surface area contributed by atoms with Crippen LogP contribution in [0.25, 0.3) is 0 Å². The monoisotopic (exact) mass is 270 g/mol. The molecule has 20 heavy (non-hydrogen) atoms. The van der Waals surface area contributed by atoms with Crippen LogP contribution in [-0.4, -0.2) is 5.97 Å². The number of benzene rings is 2. The van der Waals surface area contributed by atoms with Gasteiger partial charge in [0.15, 0.2) is 0 Å². The Labute approximate surface area is 118 Å². The molecule has 0 amide bonds. The van der Waals surface area contributed by atoms with Crippen molar-refractivity contribution in [2.75, 3.05) is 0 Å². The minimum Gasteiger partial charge on any atom is -0.461 e. The first-order valence-corrected chi connectivity index (χ1v) is 6.41. The SMILES string of the molecule is NC(N)(CC(=O)OCc1ccccc1)c1ccccc1. The van der Waals surface area contributed by atoms with Crippen molar-refractivity contribution >= 4 is 5.97 Å². The van der Waals surface area contributed by atoms with Gasteiger partial charge in [0.25, 0.3) is 0 Å². The molecule has 0 saturated carbocycles. The summed E-state index contributed by atoms with van der Waals surface area (Å²) in [5.41, 5.74) is 12.4. The molecule has 0 aromatic heterocycles. The molecule has 4 N–H and O–H groups in total. The Hall–Kier alpha value is -2.17. The Balaban J connectivity index is 1.91. The van der Waals surface area contributed by atoms with Crippen LogP contribution in [0, 0.1) is 0 Å². The van der Waals surface area contributed by atoms with E-state index in [9.17, 15) is 4.79 Å². The molecule has 0 aliphatic heterocycles. The highest BCUT2D eigenvalue weighted by Gasteiger charge is 2.26. The second-order valence-electron chi connectivity index (χ2n) is 4.73. The predicted molar refractivity (Wildman–Crippen MR) is 77.3 cm³/mol. The fourth-order valence-electron chi connectivity index (χ4n) is 1.88. The predicted octanol–water partition coefficient (Wildman–Crippen LogP) is 1.89. The van der Waals surface area contributed by atoms with Crippen molar-refractivity contribution in [1.82, 2.24) is 0 Å². The Morgan fingerprint density at radius 2 is 1.50 bits per heavy atom. The summed E-state index contributed by atoms with van der Waals surface area (Å²) in [6.07, 6.45) is -0.0656. The quantitative estimate of drug-likeness (QED) is 0.642. The highest BCUT2D eigenvalue weighted by molar-refractivity contribution is 5.71. The fourth-order valence-corrected chi connectivity index (χ4v) is 1.88. The standard InChI is InChI=1S/C16H18N2O2/c17-16(18,14-9-5-2-6-10-14)11-15(19)20-12-13-7-3-1-4-8-13/h1-10H,11-12,17-18H2. The number of carbonyl (C=O) groups excluding carboxylic acids is 1. The van der Waals surface area contributed by atoms with Gasteiger partial charge < -0.3 is 16.2 Å². The summed E-state index contributed by atoms with van der Waals surface area (Å²) in [7, 11) is 0. The third-order valence-electron chi connectivity index (χ3n) is 2.99. The fraction of sp³-hybridized carbons (Fsp3) is 0.188.